The first-order valence-corrected chi connectivity index (χ1v) is 5.92. The quantitative estimate of drug-likeness (QED) is 0.687. The molecule has 2 rings (SSSR count). The molecule has 0 saturated carbocycles. The van der Waals surface area contributed by atoms with E-state index in [9.17, 15) is 17.6 Å². The van der Waals surface area contributed by atoms with Gasteiger partial charge < -0.3 is 15.2 Å². The van der Waals surface area contributed by atoms with Crippen LogP contribution < -0.4 is 10.5 Å². The SMILES string of the molecule is Nc1cc(F)cc(C2=CCOCC2)c1OCC(F)(F)F. The highest BCUT2D eigenvalue weighted by Gasteiger charge is 2.29. The minimum absolute atomic E-state index is 0.142. The van der Waals surface area contributed by atoms with Crippen LogP contribution in [0.1, 0.15) is 12.0 Å². The van der Waals surface area contributed by atoms with Crippen molar-refractivity contribution in [2.24, 2.45) is 0 Å². The summed E-state index contributed by atoms with van der Waals surface area (Å²) in [7, 11) is 0. The van der Waals surface area contributed by atoms with Crippen LogP contribution in [-0.2, 0) is 4.74 Å². The van der Waals surface area contributed by atoms with Crippen molar-refractivity contribution < 1.29 is 27.0 Å². The van der Waals surface area contributed by atoms with E-state index in [1.807, 2.05) is 0 Å². The van der Waals surface area contributed by atoms with Crippen LogP contribution in [0.3, 0.4) is 0 Å². The Kier molecular flexibility index (Phi) is 4.17. The van der Waals surface area contributed by atoms with Gasteiger partial charge in [0, 0.05) is 11.6 Å². The van der Waals surface area contributed by atoms with Crippen LogP contribution in [0.25, 0.3) is 5.57 Å². The van der Waals surface area contributed by atoms with Gasteiger partial charge in [0.2, 0.25) is 0 Å². The number of nitrogen functional groups attached to an aromatic ring is 1. The van der Waals surface area contributed by atoms with Crippen LogP contribution in [0, 0.1) is 5.82 Å². The maximum Gasteiger partial charge on any atom is 0.422 e. The summed E-state index contributed by atoms with van der Waals surface area (Å²) >= 11 is 0. The lowest BCUT2D eigenvalue weighted by Crippen LogP contribution is -2.20. The van der Waals surface area contributed by atoms with Gasteiger partial charge in [0.1, 0.15) is 11.6 Å². The van der Waals surface area contributed by atoms with E-state index in [4.69, 9.17) is 15.2 Å². The number of rotatable bonds is 3. The molecule has 1 aromatic carbocycles. The van der Waals surface area contributed by atoms with E-state index in [0.29, 0.717) is 25.2 Å². The average Bonchev–Trinajstić information content (AvgIpc) is 2.36. The molecule has 0 amide bonds. The summed E-state index contributed by atoms with van der Waals surface area (Å²) in [5.41, 5.74) is 6.32. The van der Waals surface area contributed by atoms with Crippen molar-refractivity contribution in [1.29, 1.82) is 0 Å². The van der Waals surface area contributed by atoms with Crippen LogP contribution in [-0.4, -0.2) is 26.0 Å². The van der Waals surface area contributed by atoms with Crippen molar-refractivity contribution in [3.63, 3.8) is 0 Å². The Morgan fingerprint density at radius 1 is 1.30 bits per heavy atom. The summed E-state index contributed by atoms with van der Waals surface area (Å²) in [6, 6.07) is 2.06. The first kappa shape index (κ1) is 14.6. The van der Waals surface area contributed by atoms with E-state index in [1.165, 1.54) is 0 Å². The molecule has 0 aromatic heterocycles. The van der Waals surface area contributed by atoms with Crippen LogP contribution in [0.4, 0.5) is 23.2 Å². The topological polar surface area (TPSA) is 44.5 Å². The van der Waals surface area contributed by atoms with E-state index < -0.39 is 18.6 Å². The molecule has 110 valence electrons. The molecule has 0 unspecified atom stereocenters. The van der Waals surface area contributed by atoms with Gasteiger partial charge in [-0.2, -0.15) is 13.2 Å². The number of anilines is 1. The molecule has 1 aliphatic heterocycles. The summed E-state index contributed by atoms with van der Waals surface area (Å²) < 4.78 is 60.0. The van der Waals surface area contributed by atoms with E-state index >= 15 is 0 Å². The molecule has 0 saturated heterocycles. The predicted octanol–water partition coefficient (Wildman–Crippen LogP) is 3.15. The third-order valence-corrected chi connectivity index (χ3v) is 2.77. The minimum atomic E-state index is -4.48. The zero-order valence-electron chi connectivity index (χ0n) is 10.5. The fourth-order valence-corrected chi connectivity index (χ4v) is 1.94. The van der Waals surface area contributed by atoms with E-state index in [-0.39, 0.29) is 17.0 Å². The van der Waals surface area contributed by atoms with E-state index in [0.717, 1.165) is 12.1 Å². The highest BCUT2D eigenvalue weighted by molar-refractivity contribution is 5.76. The van der Waals surface area contributed by atoms with Gasteiger partial charge >= 0.3 is 6.18 Å². The molecule has 7 heteroatoms. The molecule has 0 spiro atoms. The first-order valence-electron chi connectivity index (χ1n) is 5.92. The van der Waals surface area contributed by atoms with Crippen molar-refractivity contribution in [2.45, 2.75) is 12.6 Å². The highest BCUT2D eigenvalue weighted by atomic mass is 19.4. The monoisotopic (exact) mass is 291 g/mol. The molecule has 1 aliphatic rings. The summed E-state index contributed by atoms with van der Waals surface area (Å²) in [4.78, 5) is 0. The molecular formula is C13H13F4NO2. The molecule has 0 atom stereocenters. The number of hydrogen-bond acceptors (Lipinski definition) is 3. The lowest BCUT2D eigenvalue weighted by atomic mass is 9.99. The fourth-order valence-electron chi connectivity index (χ4n) is 1.94. The lowest BCUT2D eigenvalue weighted by molar-refractivity contribution is -0.153. The molecule has 20 heavy (non-hydrogen) atoms. The van der Waals surface area contributed by atoms with E-state index in [2.05, 4.69) is 0 Å². The Hall–Kier alpha value is -1.76. The minimum Gasteiger partial charge on any atom is -0.481 e. The molecule has 0 bridgehead atoms. The summed E-state index contributed by atoms with van der Waals surface area (Å²) in [5.74, 6) is -0.763. The van der Waals surface area contributed by atoms with Crippen molar-refractivity contribution in [1.82, 2.24) is 0 Å². The second kappa shape index (κ2) is 5.70. The molecule has 1 heterocycles. The molecular weight excluding hydrogens is 278 g/mol. The van der Waals surface area contributed by atoms with E-state index in [1.54, 1.807) is 6.08 Å². The number of nitrogens with two attached hydrogens (primary N) is 1. The van der Waals surface area contributed by atoms with Gasteiger partial charge in [-0.25, -0.2) is 4.39 Å². The zero-order chi connectivity index (χ0) is 14.8. The van der Waals surface area contributed by atoms with Gasteiger partial charge in [-0.1, -0.05) is 6.08 Å². The smallest absolute Gasteiger partial charge is 0.422 e. The Balaban J connectivity index is 2.35. The molecule has 0 fully saturated rings. The van der Waals surface area contributed by atoms with Crippen molar-refractivity contribution in [3.8, 4) is 5.75 Å². The van der Waals surface area contributed by atoms with Gasteiger partial charge in [-0.3, -0.25) is 0 Å². The van der Waals surface area contributed by atoms with Gasteiger partial charge in [0.25, 0.3) is 0 Å². The van der Waals surface area contributed by atoms with Crippen LogP contribution in [0.15, 0.2) is 18.2 Å². The second-order valence-electron chi connectivity index (χ2n) is 4.33. The first-order chi connectivity index (χ1) is 9.37. The molecule has 3 nitrogen and oxygen atoms in total. The number of ether oxygens (including phenoxy) is 2. The number of hydrogen-bond donors (Lipinski definition) is 1. The fraction of sp³-hybridized carbons (Fsp3) is 0.385. The van der Waals surface area contributed by atoms with Gasteiger partial charge in [-0.05, 0) is 18.1 Å². The zero-order valence-corrected chi connectivity index (χ0v) is 10.5. The van der Waals surface area contributed by atoms with Crippen molar-refractivity contribution >= 4 is 11.3 Å². The van der Waals surface area contributed by atoms with Gasteiger partial charge in [0.05, 0.1) is 18.9 Å². The lowest BCUT2D eigenvalue weighted by Gasteiger charge is -2.19. The molecule has 1 aromatic rings. The Bertz CT molecular complexity index is 526. The van der Waals surface area contributed by atoms with Crippen molar-refractivity contribution in [2.75, 3.05) is 25.6 Å². The molecule has 0 aliphatic carbocycles. The van der Waals surface area contributed by atoms with Crippen LogP contribution in [0.2, 0.25) is 0 Å². The number of benzene rings is 1. The number of alkyl halides is 3. The largest absolute Gasteiger partial charge is 0.481 e. The summed E-state index contributed by atoms with van der Waals surface area (Å²) in [6.45, 7) is -0.731. The standard InChI is InChI=1S/C13H13F4NO2/c14-9-5-10(8-1-3-19-4-2-8)12(11(18)6-9)20-7-13(15,16)17/h1,5-6H,2-4,7,18H2. The maximum absolute atomic E-state index is 13.4. The number of halogens is 4. The van der Waals surface area contributed by atoms with Gasteiger partial charge in [-0.15, -0.1) is 0 Å². The summed E-state index contributed by atoms with van der Waals surface area (Å²) in [6.07, 6.45) is -2.34. The maximum atomic E-state index is 13.4. The van der Waals surface area contributed by atoms with Crippen LogP contribution >= 0.6 is 0 Å². The van der Waals surface area contributed by atoms with Crippen LogP contribution in [0.5, 0.6) is 5.75 Å². The normalized spacial score (nSPS) is 15.9. The van der Waals surface area contributed by atoms with Crippen molar-refractivity contribution in [3.05, 3.63) is 29.6 Å². The second-order valence-corrected chi connectivity index (χ2v) is 4.33. The summed E-state index contributed by atoms with van der Waals surface area (Å²) in [5, 5.41) is 0. The van der Waals surface area contributed by atoms with Gasteiger partial charge in [0.15, 0.2) is 6.61 Å². The molecule has 2 N–H and O–H groups in total. The average molecular weight is 291 g/mol. The third-order valence-electron chi connectivity index (χ3n) is 2.77. The highest BCUT2D eigenvalue weighted by Crippen LogP contribution is 2.36. The molecule has 0 radical (unpaired) electrons. The Labute approximate surface area is 113 Å². The third kappa shape index (κ3) is 3.63. The Morgan fingerprint density at radius 3 is 2.65 bits per heavy atom. The predicted molar refractivity (Wildman–Crippen MR) is 65.8 cm³/mol. The Morgan fingerprint density at radius 2 is 2.05 bits per heavy atom.